The molecule has 0 aromatic heterocycles. The lowest BCUT2D eigenvalue weighted by Gasteiger charge is -2.18. The lowest BCUT2D eigenvalue weighted by molar-refractivity contribution is -0.139. The first-order valence-electron chi connectivity index (χ1n) is 9.14. The minimum Gasteiger partial charge on any atom is -0.426 e. The molecule has 0 spiro atoms. The summed E-state index contributed by atoms with van der Waals surface area (Å²) in [6.45, 7) is 0.200. The SMILES string of the molecule is O=C(Oc1ccccc1-c1ccccc1)[C@@H]1CC(=O)N(c2cc(Cl)ccc2Cl)C1. The van der Waals surface area contributed by atoms with Gasteiger partial charge >= 0.3 is 5.97 Å². The van der Waals surface area contributed by atoms with Crippen LogP contribution in [0.2, 0.25) is 10.0 Å². The molecule has 1 aliphatic rings. The van der Waals surface area contributed by atoms with Crippen LogP contribution in [0.1, 0.15) is 6.42 Å². The Hall–Kier alpha value is -2.82. The van der Waals surface area contributed by atoms with E-state index in [-0.39, 0.29) is 18.9 Å². The molecule has 0 unspecified atom stereocenters. The number of hydrogen-bond acceptors (Lipinski definition) is 3. The van der Waals surface area contributed by atoms with Crippen LogP contribution >= 0.6 is 23.2 Å². The Morgan fingerprint density at radius 2 is 1.69 bits per heavy atom. The number of esters is 1. The van der Waals surface area contributed by atoms with E-state index in [1.165, 1.54) is 4.90 Å². The van der Waals surface area contributed by atoms with Gasteiger partial charge in [0.25, 0.3) is 0 Å². The first-order valence-corrected chi connectivity index (χ1v) is 9.90. The van der Waals surface area contributed by atoms with Gasteiger partial charge in [-0.3, -0.25) is 9.59 Å². The van der Waals surface area contributed by atoms with Crippen molar-refractivity contribution < 1.29 is 14.3 Å². The van der Waals surface area contributed by atoms with Crippen LogP contribution in [0.4, 0.5) is 5.69 Å². The summed E-state index contributed by atoms with van der Waals surface area (Å²) in [5.41, 5.74) is 2.27. The quantitative estimate of drug-likeness (QED) is 0.402. The van der Waals surface area contributed by atoms with E-state index in [2.05, 4.69) is 0 Å². The average molecular weight is 426 g/mol. The molecule has 0 N–H and O–H groups in total. The van der Waals surface area contributed by atoms with E-state index in [1.807, 2.05) is 48.5 Å². The zero-order valence-corrected chi connectivity index (χ0v) is 16.9. The van der Waals surface area contributed by atoms with Gasteiger partial charge in [0.1, 0.15) is 5.75 Å². The Labute approximate surface area is 178 Å². The Morgan fingerprint density at radius 1 is 0.966 bits per heavy atom. The molecule has 1 aliphatic heterocycles. The van der Waals surface area contributed by atoms with Gasteiger partial charge in [-0.2, -0.15) is 0 Å². The van der Waals surface area contributed by atoms with Gasteiger partial charge in [-0.05, 0) is 29.8 Å². The van der Waals surface area contributed by atoms with Crippen molar-refractivity contribution in [3.8, 4) is 16.9 Å². The smallest absolute Gasteiger partial charge is 0.316 e. The molecule has 0 bridgehead atoms. The number of rotatable bonds is 4. The van der Waals surface area contributed by atoms with Crippen molar-refractivity contribution in [2.45, 2.75) is 6.42 Å². The highest BCUT2D eigenvalue weighted by Gasteiger charge is 2.37. The molecule has 1 atom stereocenters. The normalized spacial score (nSPS) is 16.1. The molecule has 146 valence electrons. The third-order valence-corrected chi connectivity index (χ3v) is 5.39. The summed E-state index contributed by atoms with van der Waals surface area (Å²) in [5.74, 6) is -0.744. The fraction of sp³-hybridized carbons (Fsp3) is 0.130. The second-order valence-electron chi connectivity index (χ2n) is 6.78. The molecule has 3 aromatic carbocycles. The summed E-state index contributed by atoms with van der Waals surface area (Å²) in [6.07, 6.45) is 0.0647. The summed E-state index contributed by atoms with van der Waals surface area (Å²) in [6, 6.07) is 22.0. The van der Waals surface area contributed by atoms with Crippen molar-refractivity contribution >= 4 is 40.8 Å². The standard InChI is InChI=1S/C23H17Cl2NO3/c24-17-10-11-19(25)20(13-17)26-14-16(12-22(26)27)23(28)29-21-9-5-4-8-18(21)15-6-2-1-3-7-15/h1-11,13,16H,12,14H2/t16-/m1/s1. The number of ether oxygens (including phenoxy) is 1. The summed E-state index contributed by atoms with van der Waals surface area (Å²) < 4.78 is 5.69. The van der Waals surface area contributed by atoms with Crippen molar-refractivity contribution in [2.24, 2.45) is 5.92 Å². The number of amides is 1. The molecule has 3 aromatic rings. The summed E-state index contributed by atoms with van der Waals surface area (Å²) in [7, 11) is 0. The molecule has 1 amide bonds. The maximum atomic E-state index is 12.8. The molecule has 0 radical (unpaired) electrons. The third-order valence-electron chi connectivity index (χ3n) is 4.84. The first-order chi connectivity index (χ1) is 14.0. The fourth-order valence-electron chi connectivity index (χ4n) is 3.39. The molecule has 1 heterocycles. The summed E-state index contributed by atoms with van der Waals surface area (Å²) in [5, 5.41) is 0.881. The maximum absolute atomic E-state index is 12.8. The Kier molecular flexibility index (Phi) is 5.56. The lowest BCUT2D eigenvalue weighted by atomic mass is 10.0. The summed E-state index contributed by atoms with van der Waals surface area (Å²) >= 11 is 12.3. The highest BCUT2D eigenvalue weighted by Crippen LogP contribution is 2.35. The summed E-state index contributed by atoms with van der Waals surface area (Å²) in [4.78, 5) is 26.8. The predicted molar refractivity (Wildman–Crippen MR) is 114 cm³/mol. The topological polar surface area (TPSA) is 46.6 Å². The fourth-order valence-corrected chi connectivity index (χ4v) is 3.78. The molecule has 0 aliphatic carbocycles. The molecular formula is C23H17Cl2NO3. The Morgan fingerprint density at radius 3 is 2.48 bits per heavy atom. The lowest BCUT2D eigenvalue weighted by Crippen LogP contribution is -2.27. The van der Waals surface area contributed by atoms with Crippen molar-refractivity contribution in [3.05, 3.63) is 82.8 Å². The van der Waals surface area contributed by atoms with Crippen LogP contribution in [0.25, 0.3) is 11.1 Å². The molecule has 0 saturated carbocycles. The largest absolute Gasteiger partial charge is 0.426 e. The average Bonchev–Trinajstić information content (AvgIpc) is 3.12. The molecule has 4 rings (SSSR count). The molecule has 4 nitrogen and oxygen atoms in total. The van der Waals surface area contributed by atoms with Crippen LogP contribution in [0.5, 0.6) is 5.75 Å². The van der Waals surface area contributed by atoms with E-state index in [0.29, 0.717) is 21.5 Å². The van der Waals surface area contributed by atoms with Gasteiger partial charge < -0.3 is 9.64 Å². The van der Waals surface area contributed by atoms with Gasteiger partial charge in [0.2, 0.25) is 5.91 Å². The zero-order valence-electron chi connectivity index (χ0n) is 15.3. The van der Waals surface area contributed by atoms with Gasteiger partial charge in [0.05, 0.1) is 16.6 Å². The van der Waals surface area contributed by atoms with Gasteiger partial charge in [-0.25, -0.2) is 0 Å². The Bertz CT molecular complexity index is 1070. The van der Waals surface area contributed by atoms with E-state index in [4.69, 9.17) is 27.9 Å². The van der Waals surface area contributed by atoms with E-state index in [9.17, 15) is 9.59 Å². The monoisotopic (exact) mass is 425 g/mol. The van der Waals surface area contributed by atoms with Crippen LogP contribution in [-0.2, 0) is 9.59 Å². The second-order valence-corrected chi connectivity index (χ2v) is 7.63. The molecule has 1 saturated heterocycles. The highest BCUT2D eigenvalue weighted by molar-refractivity contribution is 6.35. The number of carbonyl (C=O) groups excluding carboxylic acids is 2. The maximum Gasteiger partial charge on any atom is 0.316 e. The number of benzene rings is 3. The van der Waals surface area contributed by atoms with E-state index in [1.54, 1.807) is 24.3 Å². The van der Waals surface area contributed by atoms with E-state index >= 15 is 0 Å². The van der Waals surface area contributed by atoms with Crippen molar-refractivity contribution in [3.63, 3.8) is 0 Å². The second kappa shape index (κ2) is 8.27. The van der Waals surface area contributed by atoms with Crippen molar-refractivity contribution in [1.82, 2.24) is 0 Å². The number of para-hydroxylation sites is 1. The molecule has 29 heavy (non-hydrogen) atoms. The number of halogens is 2. The highest BCUT2D eigenvalue weighted by atomic mass is 35.5. The van der Waals surface area contributed by atoms with Crippen LogP contribution in [0, 0.1) is 5.92 Å². The van der Waals surface area contributed by atoms with E-state index < -0.39 is 11.9 Å². The van der Waals surface area contributed by atoms with Crippen LogP contribution in [0.3, 0.4) is 0 Å². The number of hydrogen-bond donors (Lipinski definition) is 0. The predicted octanol–water partition coefficient (Wildman–Crippen LogP) is 5.62. The van der Waals surface area contributed by atoms with Gasteiger partial charge in [-0.15, -0.1) is 0 Å². The van der Waals surface area contributed by atoms with Gasteiger partial charge in [-0.1, -0.05) is 71.7 Å². The first kappa shape index (κ1) is 19.5. The van der Waals surface area contributed by atoms with Crippen LogP contribution < -0.4 is 9.64 Å². The minimum atomic E-state index is -0.582. The number of nitrogens with zero attached hydrogens (tertiary/aromatic N) is 1. The van der Waals surface area contributed by atoms with Crippen molar-refractivity contribution in [1.29, 1.82) is 0 Å². The molecule has 1 fully saturated rings. The van der Waals surface area contributed by atoms with Gasteiger partial charge in [0, 0.05) is 23.6 Å². The number of carbonyl (C=O) groups is 2. The van der Waals surface area contributed by atoms with Crippen molar-refractivity contribution in [2.75, 3.05) is 11.4 Å². The number of anilines is 1. The third kappa shape index (κ3) is 4.14. The minimum absolute atomic E-state index is 0.0647. The van der Waals surface area contributed by atoms with Gasteiger partial charge in [0.15, 0.2) is 0 Å². The molecular weight excluding hydrogens is 409 g/mol. The molecule has 6 heteroatoms. The van der Waals surface area contributed by atoms with Crippen LogP contribution in [-0.4, -0.2) is 18.4 Å². The van der Waals surface area contributed by atoms with E-state index in [0.717, 1.165) is 11.1 Å². The Balaban J connectivity index is 1.54. The van der Waals surface area contributed by atoms with Crippen LogP contribution in [0.15, 0.2) is 72.8 Å². The zero-order chi connectivity index (χ0) is 20.4.